The van der Waals surface area contributed by atoms with E-state index in [4.69, 9.17) is 9.97 Å². The summed E-state index contributed by atoms with van der Waals surface area (Å²) in [5.41, 5.74) is 18.3. The Balaban J connectivity index is 1.31. The Bertz CT molecular complexity index is 2730. The van der Waals surface area contributed by atoms with Gasteiger partial charge in [0.25, 0.3) is 0 Å². The van der Waals surface area contributed by atoms with Crippen LogP contribution in [-0.4, -0.2) is 23.2 Å². The zero-order valence-corrected chi connectivity index (χ0v) is 24.4. The van der Waals surface area contributed by atoms with E-state index in [-0.39, 0.29) is 10.8 Å². The van der Waals surface area contributed by atoms with E-state index in [1.807, 2.05) is 0 Å². The van der Waals surface area contributed by atoms with Crippen LogP contribution in [0, 0.1) is 0 Å². The minimum atomic E-state index is -0.134. The Labute approximate surface area is 247 Å². The van der Waals surface area contributed by atoms with Crippen LogP contribution in [0.2, 0.25) is 0 Å². The molecule has 0 spiro atoms. The van der Waals surface area contributed by atoms with Crippen molar-refractivity contribution in [1.29, 1.82) is 0 Å². The van der Waals surface area contributed by atoms with Crippen molar-refractivity contribution in [3.05, 3.63) is 113 Å². The molecule has 4 aromatic heterocycles. The smallest absolute Gasteiger partial charge is 0.223 e. The summed E-state index contributed by atoms with van der Waals surface area (Å²) in [7, 11) is 0. The lowest BCUT2D eigenvalue weighted by Gasteiger charge is -2.21. The molecule has 0 saturated carbocycles. The second-order valence-electron chi connectivity index (χ2n) is 13.5. The third-order valence-corrected chi connectivity index (χ3v) is 10.8. The van der Waals surface area contributed by atoms with E-state index in [0.717, 1.165) is 44.7 Å². The summed E-state index contributed by atoms with van der Waals surface area (Å²) in [6.07, 6.45) is 0. The molecule has 0 bridgehead atoms. The lowest BCUT2D eigenvalue weighted by Crippen LogP contribution is -2.15. The first kappa shape index (κ1) is 22.4. The summed E-state index contributed by atoms with van der Waals surface area (Å²) >= 11 is 0. The van der Waals surface area contributed by atoms with Crippen LogP contribution in [0.1, 0.15) is 49.9 Å². The van der Waals surface area contributed by atoms with Gasteiger partial charge in [0.05, 0.1) is 33.1 Å². The number of imidazole rings is 4. The molecule has 5 aromatic carbocycles. The number of aromatic nitrogens is 5. The molecule has 5 heteroatoms. The average molecular weight is 554 g/mol. The first-order chi connectivity index (χ1) is 20.9. The van der Waals surface area contributed by atoms with Gasteiger partial charge in [-0.15, -0.1) is 0 Å². The van der Waals surface area contributed by atoms with E-state index < -0.39 is 0 Å². The zero-order valence-electron chi connectivity index (χ0n) is 24.4. The molecule has 204 valence electrons. The zero-order chi connectivity index (χ0) is 28.6. The quantitative estimate of drug-likeness (QED) is 0.188. The fraction of sp³-hybridized carbons (Fsp3) is 0.158. The number of benzene rings is 5. The van der Waals surface area contributed by atoms with Crippen LogP contribution < -0.4 is 0 Å². The van der Waals surface area contributed by atoms with Crippen molar-refractivity contribution in [3.63, 3.8) is 0 Å². The number of nitrogens with zero attached hydrogens (tertiary/aromatic N) is 5. The molecule has 0 N–H and O–H groups in total. The molecule has 2 aliphatic rings. The van der Waals surface area contributed by atoms with Crippen LogP contribution in [0.5, 0.6) is 0 Å². The maximum absolute atomic E-state index is 5.48. The summed E-state index contributed by atoms with van der Waals surface area (Å²) in [6, 6.07) is 33.4. The summed E-state index contributed by atoms with van der Waals surface area (Å²) in [5, 5.41) is 0. The third-order valence-electron chi connectivity index (χ3n) is 10.8. The number of fused-ring (bicyclic) bond motifs is 18. The molecule has 11 rings (SSSR count). The summed E-state index contributed by atoms with van der Waals surface area (Å²) in [4.78, 5) is 10.9. The molecule has 0 amide bonds. The van der Waals surface area contributed by atoms with E-state index in [1.54, 1.807) is 0 Å². The standard InChI is InChI=1S/C38H27N5/c1-37(2)24-13-8-6-11-22(24)30-25(37)17-19-26-32(30)39-35-41(26)28-14-9-15-29-34(28)43(35)36-40-33-27(42(29)36)18-16-21-20-10-5-7-12-23(20)38(3,4)31(21)33/h5-19H,1-4H3. The molecule has 0 aliphatic heterocycles. The van der Waals surface area contributed by atoms with Crippen molar-refractivity contribution in [2.45, 2.75) is 38.5 Å². The van der Waals surface area contributed by atoms with E-state index >= 15 is 0 Å². The van der Waals surface area contributed by atoms with E-state index in [1.165, 1.54) is 50.0 Å². The van der Waals surface area contributed by atoms with Crippen molar-refractivity contribution in [1.82, 2.24) is 23.2 Å². The predicted molar refractivity (Wildman–Crippen MR) is 174 cm³/mol. The van der Waals surface area contributed by atoms with Gasteiger partial charge in [0.2, 0.25) is 11.6 Å². The highest BCUT2D eigenvalue weighted by molar-refractivity contribution is 6.08. The van der Waals surface area contributed by atoms with E-state index in [2.05, 4.69) is 132 Å². The molecule has 4 heterocycles. The molecule has 5 nitrogen and oxygen atoms in total. The first-order valence-electron chi connectivity index (χ1n) is 15.1. The maximum Gasteiger partial charge on any atom is 0.223 e. The Morgan fingerprint density at radius 3 is 1.81 bits per heavy atom. The van der Waals surface area contributed by atoms with Gasteiger partial charge in [-0.25, -0.2) is 14.4 Å². The van der Waals surface area contributed by atoms with Gasteiger partial charge in [-0.1, -0.05) is 94.4 Å². The van der Waals surface area contributed by atoms with Crippen LogP contribution in [0.15, 0.2) is 91.0 Å². The average Bonchev–Trinajstić information content (AvgIpc) is 3.80. The SMILES string of the molecule is CC1(C)c2ccccc2-c2c1ccc1c2nc2n1c1cccc3c1n2c1nc2c4c(ccc2n31)-c1ccccc1C4(C)C. The largest absolute Gasteiger partial charge is 0.276 e. The summed E-state index contributed by atoms with van der Waals surface area (Å²) < 4.78 is 6.99. The summed E-state index contributed by atoms with van der Waals surface area (Å²) in [5.74, 6) is 1.84. The van der Waals surface area contributed by atoms with Crippen LogP contribution in [0.25, 0.3) is 72.4 Å². The van der Waals surface area contributed by atoms with Crippen LogP contribution in [0.4, 0.5) is 0 Å². The van der Waals surface area contributed by atoms with Gasteiger partial charge in [0, 0.05) is 16.4 Å². The molecule has 0 saturated heterocycles. The van der Waals surface area contributed by atoms with E-state index in [9.17, 15) is 0 Å². The molecule has 0 unspecified atom stereocenters. The molecule has 9 aromatic rings. The Morgan fingerprint density at radius 1 is 0.465 bits per heavy atom. The molecule has 2 aliphatic carbocycles. The minimum absolute atomic E-state index is 0.0639. The van der Waals surface area contributed by atoms with Gasteiger partial charge in [-0.3, -0.25) is 8.80 Å². The second-order valence-corrected chi connectivity index (χ2v) is 13.5. The van der Waals surface area contributed by atoms with Crippen molar-refractivity contribution >= 4 is 50.2 Å². The normalized spacial score (nSPS) is 16.3. The Hall–Kier alpha value is -5.16. The van der Waals surface area contributed by atoms with Gasteiger partial charge < -0.3 is 0 Å². The number of hydrogen-bond acceptors (Lipinski definition) is 2. The van der Waals surface area contributed by atoms with Crippen LogP contribution >= 0.6 is 0 Å². The van der Waals surface area contributed by atoms with Gasteiger partial charge in [-0.2, -0.15) is 0 Å². The van der Waals surface area contributed by atoms with Gasteiger partial charge >= 0.3 is 0 Å². The number of rotatable bonds is 0. The fourth-order valence-corrected chi connectivity index (χ4v) is 8.88. The van der Waals surface area contributed by atoms with Crippen molar-refractivity contribution in [2.24, 2.45) is 0 Å². The maximum atomic E-state index is 5.48. The third kappa shape index (κ3) is 2.25. The van der Waals surface area contributed by atoms with Gasteiger partial charge in [0.1, 0.15) is 5.52 Å². The lowest BCUT2D eigenvalue weighted by atomic mass is 9.82. The first-order valence-corrected chi connectivity index (χ1v) is 15.1. The van der Waals surface area contributed by atoms with Gasteiger partial charge in [0.15, 0.2) is 0 Å². The highest BCUT2D eigenvalue weighted by atomic mass is 15.3. The van der Waals surface area contributed by atoms with Crippen LogP contribution in [0.3, 0.4) is 0 Å². The number of para-hydroxylation sites is 1. The molecule has 43 heavy (non-hydrogen) atoms. The molecule has 0 radical (unpaired) electrons. The van der Waals surface area contributed by atoms with E-state index in [0.29, 0.717) is 0 Å². The van der Waals surface area contributed by atoms with Crippen molar-refractivity contribution in [2.75, 3.05) is 0 Å². The molecular weight excluding hydrogens is 526 g/mol. The highest BCUT2D eigenvalue weighted by Crippen LogP contribution is 2.53. The molecule has 0 atom stereocenters. The minimum Gasteiger partial charge on any atom is -0.276 e. The molecule has 0 fully saturated rings. The van der Waals surface area contributed by atoms with Gasteiger partial charge in [-0.05, 0) is 63.2 Å². The molecular formula is C38H27N5. The Morgan fingerprint density at radius 2 is 1.07 bits per heavy atom. The fourth-order valence-electron chi connectivity index (χ4n) is 8.88. The topological polar surface area (TPSA) is 39.0 Å². The van der Waals surface area contributed by atoms with Crippen molar-refractivity contribution < 1.29 is 0 Å². The Kier molecular flexibility index (Phi) is 3.51. The van der Waals surface area contributed by atoms with Crippen molar-refractivity contribution in [3.8, 4) is 22.3 Å². The highest BCUT2D eigenvalue weighted by Gasteiger charge is 2.39. The number of hydrogen-bond donors (Lipinski definition) is 0. The summed E-state index contributed by atoms with van der Waals surface area (Å²) in [6.45, 7) is 9.33. The second kappa shape index (κ2) is 6.73. The lowest BCUT2D eigenvalue weighted by molar-refractivity contribution is 0.661. The van der Waals surface area contributed by atoms with Crippen LogP contribution in [-0.2, 0) is 10.8 Å². The predicted octanol–water partition coefficient (Wildman–Crippen LogP) is 8.74. The monoisotopic (exact) mass is 553 g/mol.